The van der Waals surface area contributed by atoms with E-state index in [0.717, 1.165) is 24.1 Å². The van der Waals surface area contributed by atoms with E-state index in [1.54, 1.807) is 6.08 Å². The van der Waals surface area contributed by atoms with Gasteiger partial charge in [0.25, 0.3) is 5.91 Å². The van der Waals surface area contributed by atoms with E-state index in [1.807, 2.05) is 71.6 Å². The van der Waals surface area contributed by atoms with Crippen molar-refractivity contribution in [2.24, 2.45) is 0 Å². The van der Waals surface area contributed by atoms with Crippen molar-refractivity contribution in [3.8, 4) is 0 Å². The molecular formula is C21H25NO. The number of nitrogens with zero attached hydrogens (tertiary/aromatic N) is 1. The number of allylic oxidation sites excluding steroid dienone is 1. The Labute approximate surface area is 139 Å². The van der Waals surface area contributed by atoms with Crippen LogP contribution in [0.3, 0.4) is 0 Å². The molecule has 0 aliphatic carbocycles. The third-order valence-corrected chi connectivity index (χ3v) is 3.75. The van der Waals surface area contributed by atoms with Crippen molar-refractivity contribution < 1.29 is 4.79 Å². The third kappa shape index (κ3) is 5.74. The van der Waals surface area contributed by atoms with Crippen LogP contribution in [0.5, 0.6) is 0 Å². The molecule has 23 heavy (non-hydrogen) atoms. The molecule has 0 saturated carbocycles. The van der Waals surface area contributed by atoms with Gasteiger partial charge < -0.3 is 4.90 Å². The Kier molecular flexibility index (Phi) is 7.12. The number of hydrogen-bond donors (Lipinski definition) is 0. The van der Waals surface area contributed by atoms with E-state index >= 15 is 0 Å². The van der Waals surface area contributed by atoms with Crippen LogP contribution in [0, 0.1) is 0 Å². The average molecular weight is 307 g/mol. The van der Waals surface area contributed by atoms with Crippen molar-refractivity contribution in [1.29, 1.82) is 0 Å². The molecular weight excluding hydrogens is 282 g/mol. The molecule has 0 spiro atoms. The maximum absolute atomic E-state index is 12.6. The lowest BCUT2D eigenvalue weighted by atomic mass is 10.1. The Balaban J connectivity index is 2.09. The second-order valence-corrected chi connectivity index (χ2v) is 5.64. The summed E-state index contributed by atoms with van der Waals surface area (Å²) in [5.74, 6) is 0.0385. The number of carbonyl (C=O) groups is 1. The Morgan fingerprint density at radius 2 is 1.61 bits per heavy atom. The van der Waals surface area contributed by atoms with Gasteiger partial charge in [0.15, 0.2) is 0 Å². The molecule has 0 N–H and O–H groups in total. The Bertz CT molecular complexity index is 604. The first-order valence-corrected chi connectivity index (χ1v) is 8.38. The molecule has 0 bridgehead atoms. The molecule has 0 aliphatic rings. The van der Waals surface area contributed by atoms with Gasteiger partial charge in [0, 0.05) is 5.69 Å². The van der Waals surface area contributed by atoms with Crippen LogP contribution in [0.1, 0.15) is 38.2 Å². The minimum atomic E-state index is 0.0385. The van der Waals surface area contributed by atoms with Gasteiger partial charge in [0.2, 0.25) is 0 Å². The van der Waals surface area contributed by atoms with Gasteiger partial charge in [-0.1, -0.05) is 74.4 Å². The van der Waals surface area contributed by atoms with E-state index in [9.17, 15) is 4.79 Å². The summed E-state index contributed by atoms with van der Waals surface area (Å²) in [5.41, 5.74) is 2.06. The smallest absolute Gasteiger partial charge is 0.250 e. The predicted molar refractivity (Wildman–Crippen MR) is 97.4 cm³/mol. The first-order valence-electron chi connectivity index (χ1n) is 8.38. The van der Waals surface area contributed by atoms with Crippen LogP contribution in [0.4, 0.5) is 5.69 Å². The number of anilines is 1. The van der Waals surface area contributed by atoms with E-state index in [0.29, 0.717) is 6.54 Å². The topological polar surface area (TPSA) is 20.3 Å². The molecule has 0 saturated heterocycles. The van der Waals surface area contributed by atoms with Crippen LogP contribution >= 0.6 is 0 Å². The van der Waals surface area contributed by atoms with Crippen LogP contribution in [-0.4, -0.2) is 5.91 Å². The van der Waals surface area contributed by atoms with E-state index < -0.39 is 0 Å². The minimum Gasteiger partial charge on any atom is -0.304 e. The zero-order valence-electron chi connectivity index (χ0n) is 13.8. The highest BCUT2D eigenvalue weighted by molar-refractivity contribution is 6.01. The molecule has 0 fully saturated rings. The van der Waals surface area contributed by atoms with Crippen molar-refractivity contribution in [2.45, 2.75) is 39.2 Å². The summed E-state index contributed by atoms with van der Waals surface area (Å²) < 4.78 is 0. The summed E-state index contributed by atoms with van der Waals surface area (Å²) in [5, 5.41) is 0. The van der Waals surface area contributed by atoms with E-state index in [4.69, 9.17) is 0 Å². The minimum absolute atomic E-state index is 0.0385. The zero-order chi connectivity index (χ0) is 16.3. The number of rotatable bonds is 8. The highest BCUT2D eigenvalue weighted by atomic mass is 16.2. The Hall–Kier alpha value is -2.35. The van der Waals surface area contributed by atoms with Crippen LogP contribution in [0.25, 0.3) is 0 Å². The number of unbranched alkanes of at least 4 members (excludes halogenated alkanes) is 3. The van der Waals surface area contributed by atoms with Crippen LogP contribution < -0.4 is 4.90 Å². The summed E-state index contributed by atoms with van der Waals surface area (Å²) in [6.07, 6.45) is 8.24. The van der Waals surface area contributed by atoms with Crippen molar-refractivity contribution in [3.63, 3.8) is 0 Å². The zero-order valence-corrected chi connectivity index (χ0v) is 13.8. The summed E-state index contributed by atoms with van der Waals surface area (Å²) >= 11 is 0. The normalized spacial score (nSPS) is 10.8. The average Bonchev–Trinajstić information content (AvgIpc) is 2.61. The van der Waals surface area contributed by atoms with E-state index in [1.165, 1.54) is 12.8 Å². The van der Waals surface area contributed by atoms with Gasteiger partial charge in [-0.3, -0.25) is 4.79 Å². The van der Waals surface area contributed by atoms with E-state index in [-0.39, 0.29) is 5.91 Å². The SMILES string of the molecule is CCCCC/C=C/C(=O)N(Cc1ccccc1)c1ccccc1. The quantitative estimate of drug-likeness (QED) is 0.475. The largest absolute Gasteiger partial charge is 0.304 e. The lowest BCUT2D eigenvalue weighted by molar-refractivity contribution is -0.114. The van der Waals surface area contributed by atoms with Crippen molar-refractivity contribution in [3.05, 3.63) is 78.4 Å². The van der Waals surface area contributed by atoms with Crippen molar-refractivity contribution >= 4 is 11.6 Å². The molecule has 2 aromatic rings. The first kappa shape index (κ1) is 17.0. The number of hydrogen-bond acceptors (Lipinski definition) is 1. The van der Waals surface area contributed by atoms with Gasteiger partial charge in [-0.25, -0.2) is 0 Å². The molecule has 2 aromatic carbocycles. The van der Waals surface area contributed by atoms with Crippen molar-refractivity contribution in [2.75, 3.05) is 4.90 Å². The molecule has 2 rings (SSSR count). The van der Waals surface area contributed by atoms with Crippen LogP contribution in [0.15, 0.2) is 72.8 Å². The molecule has 2 heteroatoms. The summed E-state index contributed by atoms with van der Waals surface area (Å²) in [7, 11) is 0. The van der Waals surface area contributed by atoms with Gasteiger partial charge in [-0.15, -0.1) is 0 Å². The highest BCUT2D eigenvalue weighted by Crippen LogP contribution is 2.17. The fraction of sp³-hybridized carbons (Fsp3) is 0.286. The lowest BCUT2D eigenvalue weighted by Crippen LogP contribution is -2.28. The summed E-state index contributed by atoms with van der Waals surface area (Å²) in [4.78, 5) is 14.4. The maximum Gasteiger partial charge on any atom is 0.250 e. The molecule has 0 atom stereocenters. The Morgan fingerprint density at radius 1 is 0.957 bits per heavy atom. The second kappa shape index (κ2) is 9.62. The maximum atomic E-state index is 12.6. The number of amides is 1. The van der Waals surface area contributed by atoms with E-state index in [2.05, 4.69) is 6.92 Å². The van der Waals surface area contributed by atoms with Gasteiger partial charge in [-0.2, -0.15) is 0 Å². The van der Waals surface area contributed by atoms with Gasteiger partial charge in [0.1, 0.15) is 0 Å². The molecule has 0 radical (unpaired) electrons. The molecule has 0 heterocycles. The second-order valence-electron chi connectivity index (χ2n) is 5.64. The summed E-state index contributed by atoms with van der Waals surface area (Å²) in [6, 6.07) is 19.9. The molecule has 120 valence electrons. The fourth-order valence-electron chi connectivity index (χ4n) is 2.46. The van der Waals surface area contributed by atoms with Gasteiger partial charge in [-0.05, 0) is 36.6 Å². The predicted octanol–water partition coefficient (Wildman–Crippen LogP) is 5.36. The van der Waals surface area contributed by atoms with Gasteiger partial charge in [0.05, 0.1) is 6.54 Å². The number of benzene rings is 2. The van der Waals surface area contributed by atoms with Crippen LogP contribution in [-0.2, 0) is 11.3 Å². The standard InChI is InChI=1S/C21H25NO/c1-2-3-4-5-12-17-21(23)22(20-15-10-7-11-16-20)18-19-13-8-6-9-14-19/h6-17H,2-5,18H2,1H3/b17-12+. The van der Waals surface area contributed by atoms with Gasteiger partial charge >= 0.3 is 0 Å². The van der Waals surface area contributed by atoms with Crippen molar-refractivity contribution in [1.82, 2.24) is 0 Å². The Morgan fingerprint density at radius 3 is 2.26 bits per heavy atom. The lowest BCUT2D eigenvalue weighted by Gasteiger charge is -2.21. The molecule has 0 unspecified atom stereocenters. The number of para-hydroxylation sites is 1. The van der Waals surface area contributed by atoms with Crippen LogP contribution in [0.2, 0.25) is 0 Å². The molecule has 2 nitrogen and oxygen atoms in total. The number of carbonyl (C=O) groups excluding carboxylic acids is 1. The molecule has 1 amide bonds. The molecule has 0 aliphatic heterocycles. The summed E-state index contributed by atoms with van der Waals surface area (Å²) in [6.45, 7) is 2.77. The molecule has 0 aromatic heterocycles. The third-order valence-electron chi connectivity index (χ3n) is 3.75. The highest BCUT2D eigenvalue weighted by Gasteiger charge is 2.13. The monoisotopic (exact) mass is 307 g/mol. The first-order chi connectivity index (χ1) is 11.3. The fourth-order valence-corrected chi connectivity index (χ4v) is 2.46.